The maximum absolute atomic E-state index is 5.31. The van der Waals surface area contributed by atoms with E-state index in [1.165, 1.54) is 0 Å². The number of rotatable bonds is 5. The maximum atomic E-state index is 5.31. The Morgan fingerprint density at radius 3 is 2.68 bits per heavy atom. The highest BCUT2D eigenvalue weighted by atomic mass is 16.5. The van der Waals surface area contributed by atoms with Crippen molar-refractivity contribution < 1.29 is 4.74 Å². The largest absolute Gasteiger partial charge is 0.479 e. The summed E-state index contributed by atoms with van der Waals surface area (Å²) in [6.45, 7) is 0.617. The van der Waals surface area contributed by atoms with Crippen LogP contribution in [0.4, 0.5) is 11.4 Å². The summed E-state index contributed by atoms with van der Waals surface area (Å²) >= 11 is 0. The molecular weight excluding hydrogens is 242 g/mol. The van der Waals surface area contributed by atoms with Crippen LogP contribution < -0.4 is 15.0 Å². The number of aryl methyl sites for hydroxylation is 1. The molecule has 19 heavy (non-hydrogen) atoms. The molecule has 0 radical (unpaired) electrons. The smallest absolute Gasteiger partial charge is 0.239 e. The van der Waals surface area contributed by atoms with E-state index >= 15 is 0 Å². The number of nitrogens with one attached hydrogen (secondary N) is 1. The van der Waals surface area contributed by atoms with Crippen LogP contribution in [0.1, 0.15) is 5.82 Å². The Kier molecular flexibility index (Phi) is 3.89. The maximum Gasteiger partial charge on any atom is 0.239 e. The quantitative estimate of drug-likeness (QED) is 0.884. The minimum Gasteiger partial charge on any atom is -0.479 e. The van der Waals surface area contributed by atoms with Crippen molar-refractivity contribution in [3.8, 4) is 5.88 Å². The molecule has 0 unspecified atom stereocenters. The number of hydrogen-bond donors (Lipinski definition) is 1. The Balaban J connectivity index is 2.25. The van der Waals surface area contributed by atoms with Crippen LogP contribution in [0.2, 0.25) is 0 Å². The molecule has 0 aliphatic heterocycles. The number of hydrogen-bond acceptors (Lipinski definition) is 5. The third kappa shape index (κ3) is 2.78. The van der Waals surface area contributed by atoms with Gasteiger partial charge in [-0.2, -0.15) is 0 Å². The normalized spacial score (nSPS) is 10.3. The first-order chi connectivity index (χ1) is 9.13. The lowest BCUT2D eigenvalue weighted by atomic mass is 10.3. The van der Waals surface area contributed by atoms with E-state index < -0.39 is 0 Å². The van der Waals surface area contributed by atoms with E-state index in [0.29, 0.717) is 12.4 Å². The second kappa shape index (κ2) is 5.60. The molecule has 0 fully saturated rings. The number of aromatic nitrogens is 3. The topological polar surface area (TPSA) is 55.2 Å². The number of pyridine rings is 1. The van der Waals surface area contributed by atoms with E-state index in [4.69, 9.17) is 4.74 Å². The van der Waals surface area contributed by atoms with Gasteiger partial charge in [-0.3, -0.25) is 0 Å². The molecule has 0 atom stereocenters. The van der Waals surface area contributed by atoms with Crippen LogP contribution in [0.5, 0.6) is 5.88 Å². The number of anilines is 2. The average molecular weight is 261 g/mol. The molecule has 0 spiro atoms. The summed E-state index contributed by atoms with van der Waals surface area (Å²) in [5.41, 5.74) is 1.90. The summed E-state index contributed by atoms with van der Waals surface area (Å²) in [5.74, 6) is 1.54. The van der Waals surface area contributed by atoms with Gasteiger partial charge in [0.2, 0.25) is 5.88 Å². The van der Waals surface area contributed by atoms with E-state index in [1.54, 1.807) is 19.5 Å². The van der Waals surface area contributed by atoms with Crippen LogP contribution in [0, 0.1) is 0 Å². The van der Waals surface area contributed by atoms with Crippen molar-refractivity contribution in [1.29, 1.82) is 0 Å². The zero-order valence-electron chi connectivity index (χ0n) is 11.7. The monoisotopic (exact) mass is 261 g/mol. The van der Waals surface area contributed by atoms with Gasteiger partial charge in [0.05, 0.1) is 19.3 Å². The number of methoxy groups -OCH3 is 1. The number of nitrogens with zero attached hydrogens (tertiary/aromatic N) is 4. The van der Waals surface area contributed by atoms with Crippen LogP contribution in [0.3, 0.4) is 0 Å². The molecule has 0 saturated heterocycles. The molecule has 0 aliphatic rings. The molecule has 2 aromatic heterocycles. The first-order valence-electron chi connectivity index (χ1n) is 6.04. The van der Waals surface area contributed by atoms with Gasteiger partial charge >= 0.3 is 0 Å². The predicted octanol–water partition coefficient (Wildman–Crippen LogP) is 1.50. The third-order valence-electron chi connectivity index (χ3n) is 2.91. The van der Waals surface area contributed by atoms with Crippen molar-refractivity contribution in [2.45, 2.75) is 6.54 Å². The van der Waals surface area contributed by atoms with Gasteiger partial charge in [-0.15, -0.1) is 0 Å². The van der Waals surface area contributed by atoms with Crippen molar-refractivity contribution in [2.75, 3.05) is 31.4 Å². The molecule has 6 heteroatoms. The van der Waals surface area contributed by atoms with Crippen LogP contribution in [-0.4, -0.2) is 35.7 Å². The average Bonchev–Trinajstić information content (AvgIpc) is 2.81. The second-order valence-corrected chi connectivity index (χ2v) is 4.42. The van der Waals surface area contributed by atoms with E-state index in [0.717, 1.165) is 17.2 Å². The van der Waals surface area contributed by atoms with Crippen molar-refractivity contribution in [3.05, 3.63) is 30.5 Å². The fourth-order valence-corrected chi connectivity index (χ4v) is 1.86. The lowest BCUT2D eigenvalue weighted by molar-refractivity contribution is 0.399. The molecule has 0 bridgehead atoms. The molecule has 0 amide bonds. The lowest BCUT2D eigenvalue weighted by Crippen LogP contribution is -2.14. The molecular formula is C13H19N5O. The molecule has 0 saturated carbocycles. The Morgan fingerprint density at radius 1 is 1.32 bits per heavy atom. The Hall–Kier alpha value is -2.24. The molecule has 1 N–H and O–H groups in total. The van der Waals surface area contributed by atoms with Crippen LogP contribution in [-0.2, 0) is 13.6 Å². The highest BCUT2D eigenvalue weighted by Crippen LogP contribution is 2.32. The van der Waals surface area contributed by atoms with Gasteiger partial charge in [-0.25, -0.2) is 9.97 Å². The summed E-state index contributed by atoms with van der Waals surface area (Å²) < 4.78 is 7.29. The SMILES string of the molecule is COc1nccc(N(C)C)c1NCc1nccn1C. The number of imidazole rings is 1. The van der Waals surface area contributed by atoms with Crippen molar-refractivity contribution >= 4 is 11.4 Å². The number of ether oxygens (including phenoxy) is 1. The molecule has 0 aliphatic carbocycles. The minimum absolute atomic E-state index is 0.584. The molecule has 0 aromatic carbocycles. The van der Waals surface area contributed by atoms with Gasteiger partial charge in [0.25, 0.3) is 0 Å². The van der Waals surface area contributed by atoms with Gasteiger partial charge in [0, 0.05) is 39.7 Å². The molecule has 2 heterocycles. The fourth-order valence-electron chi connectivity index (χ4n) is 1.86. The molecule has 6 nitrogen and oxygen atoms in total. The van der Waals surface area contributed by atoms with Crippen molar-refractivity contribution in [1.82, 2.24) is 14.5 Å². The first kappa shape index (κ1) is 13.2. The van der Waals surface area contributed by atoms with E-state index in [-0.39, 0.29) is 0 Å². The Labute approximate surface area is 113 Å². The summed E-state index contributed by atoms with van der Waals surface area (Å²) in [5, 5.41) is 3.34. The standard InChI is InChI=1S/C13H19N5O/c1-17(2)10-5-6-15-13(19-4)12(10)16-9-11-14-7-8-18(11)3/h5-8,16H,9H2,1-4H3. The van der Waals surface area contributed by atoms with Crippen LogP contribution in [0.25, 0.3) is 0 Å². The van der Waals surface area contributed by atoms with Gasteiger partial charge in [0.15, 0.2) is 0 Å². The fraction of sp³-hybridized carbons (Fsp3) is 0.385. The summed E-state index contributed by atoms with van der Waals surface area (Å²) in [6, 6.07) is 1.95. The highest BCUT2D eigenvalue weighted by Gasteiger charge is 2.12. The second-order valence-electron chi connectivity index (χ2n) is 4.42. The zero-order valence-corrected chi connectivity index (χ0v) is 11.7. The molecule has 102 valence electrons. The van der Waals surface area contributed by atoms with E-state index in [1.807, 2.05) is 42.9 Å². The van der Waals surface area contributed by atoms with Gasteiger partial charge in [-0.05, 0) is 6.07 Å². The highest BCUT2D eigenvalue weighted by molar-refractivity contribution is 5.74. The van der Waals surface area contributed by atoms with Gasteiger partial charge in [-0.1, -0.05) is 0 Å². The van der Waals surface area contributed by atoms with Gasteiger partial charge in [0.1, 0.15) is 11.5 Å². The zero-order chi connectivity index (χ0) is 13.8. The van der Waals surface area contributed by atoms with Crippen molar-refractivity contribution in [2.24, 2.45) is 7.05 Å². The lowest BCUT2D eigenvalue weighted by Gasteiger charge is -2.19. The molecule has 2 rings (SSSR count). The van der Waals surface area contributed by atoms with Crippen molar-refractivity contribution in [3.63, 3.8) is 0 Å². The third-order valence-corrected chi connectivity index (χ3v) is 2.91. The van der Waals surface area contributed by atoms with E-state index in [2.05, 4.69) is 15.3 Å². The first-order valence-corrected chi connectivity index (χ1v) is 6.04. The Morgan fingerprint density at radius 2 is 2.11 bits per heavy atom. The molecule has 2 aromatic rings. The Bertz CT molecular complexity index is 550. The summed E-state index contributed by atoms with van der Waals surface area (Å²) in [4.78, 5) is 10.5. The predicted molar refractivity (Wildman–Crippen MR) is 75.7 cm³/mol. The summed E-state index contributed by atoms with van der Waals surface area (Å²) in [7, 11) is 7.56. The minimum atomic E-state index is 0.584. The van der Waals surface area contributed by atoms with E-state index in [9.17, 15) is 0 Å². The van der Waals surface area contributed by atoms with Crippen LogP contribution >= 0.6 is 0 Å². The summed E-state index contributed by atoms with van der Waals surface area (Å²) in [6.07, 6.45) is 5.44. The van der Waals surface area contributed by atoms with Crippen LogP contribution in [0.15, 0.2) is 24.7 Å². The van der Waals surface area contributed by atoms with Gasteiger partial charge < -0.3 is 19.5 Å².